The minimum atomic E-state index is -0.109. The zero-order valence-corrected chi connectivity index (χ0v) is 31.3. The standard InChI is InChI=1S/C50H35BN2S/c1-5-6-17-34-29(2)54-49-46(34)38-20-13-22-42-48(38)52(49)44-27-32-16-9-10-18-35(32)45-39-25-30-14-7-8-15-31(30)26-43(39)53(51(42)47(44)45)33-23-24-37-36-19-11-12-21-40(36)50(3,4)41(37)28-33/h5-28H,1H2,2-4H3/b17-6-. The van der Waals surface area contributed by atoms with Crippen LogP contribution in [-0.4, -0.2) is 11.4 Å². The van der Waals surface area contributed by atoms with E-state index in [4.69, 9.17) is 0 Å². The monoisotopic (exact) mass is 706 g/mol. The van der Waals surface area contributed by atoms with Gasteiger partial charge in [0.1, 0.15) is 4.83 Å². The molecule has 0 fully saturated rings. The summed E-state index contributed by atoms with van der Waals surface area (Å²) in [5, 5.41) is 7.73. The molecule has 9 aromatic rings. The molecule has 1 aliphatic carbocycles. The van der Waals surface area contributed by atoms with Crippen LogP contribution in [0.25, 0.3) is 76.7 Å². The third-order valence-corrected chi connectivity index (χ3v) is 13.8. The van der Waals surface area contributed by atoms with Crippen LogP contribution in [0.15, 0.2) is 146 Å². The van der Waals surface area contributed by atoms with Gasteiger partial charge in [-0.15, -0.1) is 11.3 Å². The third kappa shape index (κ3) is 3.71. The van der Waals surface area contributed by atoms with Crippen LogP contribution in [0, 0.1) is 6.92 Å². The fourth-order valence-electron chi connectivity index (χ4n) is 10.3. The number of aromatic nitrogens is 1. The Morgan fingerprint density at radius 2 is 1.41 bits per heavy atom. The molecule has 0 amide bonds. The van der Waals surface area contributed by atoms with Gasteiger partial charge in [0.15, 0.2) is 0 Å². The Kier molecular flexibility index (Phi) is 5.92. The Labute approximate surface area is 319 Å². The van der Waals surface area contributed by atoms with Gasteiger partial charge in [-0.2, -0.15) is 0 Å². The number of nitrogens with zero attached hydrogens (tertiary/aromatic N) is 2. The van der Waals surface area contributed by atoms with E-state index in [1.807, 2.05) is 17.4 Å². The lowest BCUT2D eigenvalue weighted by Gasteiger charge is -2.43. The molecule has 2 nitrogen and oxygen atoms in total. The summed E-state index contributed by atoms with van der Waals surface area (Å²) in [7, 11) is 0. The Balaban J connectivity index is 1.25. The summed E-state index contributed by atoms with van der Waals surface area (Å²) in [4.78, 5) is 5.32. The molecule has 0 saturated heterocycles. The number of rotatable bonds is 3. The largest absolute Gasteiger partial charge is 0.376 e. The zero-order valence-electron chi connectivity index (χ0n) is 30.4. The second kappa shape index (κ2) is 10.5. The predicted molar refractivity (Wildman–Crippen MR) is 234 cm³/mol. The number of anilines is 2. The van der Waals surface area contributed by atoms with Crippen LogP contribution in [-0.2, 0) is 5.41 Å². The first-order valence-electron chi connectivity index (χ1n) is 18.9. The van der Waals surface area contributed by atoms with Gasteiger partial charge in [0, 0.05) is 43.7 Å². The molecule has 4 heterocycles. The van der Waals surface area contributed by atoms with Crippen LogP contribution in [0.1, 0.15) is 35.4 Å². The Hall–Kier alpha value is -6.10. The van der Waals surface area contributed by atoms with Gasteiger partial charge in [0.05, 0.1) is 5.52 Å². The molecule has 2 aromatic heterocycles. The third-order valence-electron chi connectivity index (χ3n) is 12.6. The summed E-state index contributed by atoms with van der Waals surface area (Å²) < 4.78 is 2.61. The molecule has 4 heteroatoms. The number of hydrogen-bond donors (Lipinski definition) is 0. The maximum absolute atomic E-state index is 4.00. The number of aryl methyl sites for hydroxylation is 1. The molecule has 12 rings (SSSR count). The molecule has 0 spiro atoms. The van der Waals surface area contributed by atoms with Crippen molar-refractivity contribution in [3.05, 3.63) is 168 Å². The highest BCUT2D eigenvalue weighted by atomic mass is 32.1. The molecule has 3 aliphatic rings. The molecular formula is C50H35BN2S. The van der Waals surface area contributed by atoms with E-state index in [9.17, 15) is 0 Å². The van der Waals surface area contributed by atoms with Crippen LogP contribution in [0.2, 0.25) is 0 Å². The first-order chi connectivity index (χ1) is 26.4. The highest BCUT2D eigenvalue weighted by Crippen LogP contribution is 2.53. The minimum Gasteiger partial charge on any atom is -0.376 e. The van der Waals surface area contributed by atoms with E-state index >= 15 is 0 Å². The summed E-state index contributed by atoms with van der Waals surface area (Å²) in [5.74, 6) is 0. The molecule has 2 aliphatic heterocycles. The van der Waals surface area contributed by atoms with Gasteiger partial charge in [-0.05, 0) is 103 Å². The van der Waals surface area contributed by atoms with Crippen molar-refractivity contribution in [3.63, 3.8) is 0 Å². The summed E-state index contributed by atoms with van der Waals surface area (Å²) in [6, 6.07) is 48.5. The molecule has 0 unspecified atom stereocenters. The van der Waals surface area contributed by atoms with Gasteiger partial charge in [0.25, 0.3) is 0 Å². The number of benzene rings is 7. The lowest BCUT2D eigenvalue weighted by atomic mass is 9.43. The number of thiophene rings is 1. The van der Waals surface area contributed by atoms with Crippen LogP contribution in [0.5, 0.6) is 0 Å². The van der Waals surface area contributed by atoms with Crippen LogP contribution in [0.4, 0.5) is 11.4 Å². The topological polar surface area (TPSA) is 8.17 Å². The summed E-state index contributed by atoms with van der Waals surface area (Å²) in [6.07, 6.45) is 6.21. The number of para-hydroxylation sites is 1. The van der Waals surface area contributed by atoms with Crippen molar-refractivity contribution in [3.8, 4) is 27.9 Å². The SMILES string of the molecule is C=C/C=C\c1c(C)sc2c1c1cccc3c1n2-c1cc2ccccc2c2c1B3N(c1ccc3c(c1)C(C)(C)c1ccccc1-3)c1cc3ccccc3cc1-2. The lowest BCUT2D eigenvalue weighted by Crippen LogP contribution is -2.60. The van der Waals surface area contributed by atoms with Gasteiger partial charge in [-0.3, -0.25) is 0 Å². The van der Waals surface area contributed by atoms with Crippen molar-refractivity contribution in [1.82, 2.24) is 4.57 Å². The van der Waals surface area contributed by atoms with E-state index in [0.717, 1.165) is 0 Å². The van der Waals surface area contributed by atoms with E-state index in [1.54, 1.807) is 0 Å². The van der Waals surface area contributed by atoms with Gasteiger partial charge in [-0.1, -0.05) is 136 Å². The molecule has 0 bridgehead atoms. The average Bonchev–Trinajstić information content (AvgIpc) is 3.78. The molecule has 7 aromatic carbocycles. The van der Waals surface area contributed by atoms with Crippen molar-refractivity contribution in [2.75, 3.05) is 4.81 Å². The van der Waals surface area contributed by atoms with Crippen LogP contribution >= 0.6 is 11.3 Å². The zero-order chi connectivity index (χ0) is 36.0. The Bertz CT molecular complexity index is 3190. The predicted octanol–water partition coefficient (Wildman–Crippen LogP) is 12.2. The number of hydrogen-bond acceptors (Lipinski definition) is 2. The van der Waals surface area contributed by atoms with Crippen molar-refractivity contribution in [1.29, 1.82) is 0 Å². The average molecular weight is 707 g/mol. The summed E-state index contributed by atoms with van der Waals surface area (Å²) in [5.41, 5.74) is 17.1. The second-order valence-corrected chi connectivity index (χ2v) is 16.9. The first-order valence-corrected chi connectivity index (χ1v) is 19.7. The van der Waals surface area contributed by atoms with E-state index in [1.165, 1.54) is 114 Å². The van der Waals surface area contributed by atoms with Gasteiger partial charge < -0.3 is 9.38 Å². The van der Waals surface area contributed by atoms with E-state index < -0.39 is 0 Å². The quantitative estimate of drug-likeness (QED) is 0.131. The molecule has 0 atom stereocenters. The van der Waals surface area contributed by atoms with E-state index in [0.29, 0.717) is 0 Å². The smallest absolute Gasteiger partial charge is 0.333 e. The second-order valence-electron chi connectivity index (χ2n) is 15.7. The highest BCUT2D eigenvalue weighted by Gasteiger charge is 2.46. The van der Waals surface area contributed by atoms with Crippen molar-refractivity contribution >= 4 is 89.2 Å². The molecular weight excluding hydrogens is 671 g/mol. The minimum absolute atomic E-state index is 0.0355. The van der Waals surface area contributed by atoms with Gasteiger partial charge >= 0.3 is 6.85 Å². The molecule has 0 radical (unpaired) electrons. The fraction of sp³-hybridized carbons (Fsp3) is 0.0800. The van der Waals surface area contributed by atoms with Crippen LogP contribution < -0.4 is 15.7 Å². The number of fused-ring (bicyclic) bond motifs is 13. The van der Waals surface area contributed by atoms with E-state index in [-0.39, 0.29) is 12.3 Å². The van der Waals surface area contributed by atoms with Crippen molar-refractivity contribution in [2.24, 2.45) is 0 Å². The van der Waals surface area contributed by atoms with E-state index in [2.05, 4.69) is 176 Å². The van der Waals surface area contributed by atoms with Crippen LogP contribution in [0.3, 0.4) is 0 Å². The summed E-state index contributed by atoms with van der Waals surface area (Å²) in [6.45, 7) is 11.0. The Morgan fingerprint density at radius 3 is 2.26 bits per heavy atom. The first kappa shape index (κ1) is 30.4. The molecule has 54 heavy (non-hydrogen) atoms. The van der Waals surface area contributed by atoms with Gasteiger partial charge in [0.2, 0.25) is 0 Å². The normalized spacial score (nSPS) is 14.6. The molecule has 0 saturated carbocycles. The summed E-state index contributed by atoms with van der Waals surface area (Å²) >= 11 is 1.91. The van der Waals surface area contributed by atoms with Gasteiger partial charge in [-0.25, -0.2) is 0 Å². The molecule has 0 N–H and O–H groups in total. The maximum atomic E-state index is 4.00. The maximum Gasteiger partial charge on any atom is 0.333 e. The number of allylic oxidation sites excluding steroid dienone is 2. The Morgan fingerprint density at radius 1 is 0.685 bits per heavy atom. The molecule has 254 valence electrons. The highest BCUT2D eigenvalue weighted by molar-refractivity contribution is 7.19. The fourth-order valence-corrected chi connectivity index (χ4v) is 11.5. The van der Waals surface area contributed by atoms with Crippen molar-refractivity contribution < 1.29 is 0 Å². The van der Waals surface area contributed by atoms with Crippen molar-refractivity contribution in [2.45, 2.75) is 26.2 Å². The lowest BCUT2D eigenvalue weighted by molar-refractivity contribution is 0.660.